The highest BCUT2D eigenvalue weighted by Gasteiger charge is 2.10. The van der Waals surface area contributed by atoms with Gasteiger partial charge in [0.05, 0.1) is 0 Å². The summed E-state index contributed by atoms with van der Waals surface area (Å²) in [5, 5.41) is 6.57. The maximum absolute atomic E-state index is 12.3. The summed E-state index contributed by atoms with van der Waals surface area (Å²) >= 11 is 5.91. The molecule has 0 aromatic heterocycles. The summed E-state index contributed by atoms with van der Waals surface area (Å²) in [4.78, 5) is 12.3. The molecule has 2 aromatic rings. The van der Waals surface area contributed by atoms with Gasteiger partial charge < -0.3 is 10.6 Å². The molecule has 0 heterocycles. The number of benzene rings is 2. The van der Waals surface area contributed by atoms with Gasteiger partial charge >= 0.3 is 0 Å². The number of halogens is 1. The smallest absolute Gasteiger partial charge is 0.255 e. The Kier molecular flexibility index (Phi) is 5.16. The van der Waals surface area contributed by atoms with Gasteiger partial charge in [-0.2, -0.15) is 0 Å². The molecule has 104 valence electrons. The van der Waals surface area contributed by atoms with E-state index in [9.17, 15) is 4.79 Å². The predicted octanol–water partition coefficient (Wildman–Crippen LogP) is 3.35. The zero-order valence-corrected chi connectivity index (χ0v) is 12.1. The maximum atomic E-state index is 12.3. The van der Waals surface area contributed by atoms with Crippen LogP contribution in [0.25, 0.3) is 0 Å². The standard InChI is InChI=1S/C16H17ClN2O/c1-18-10-9-12-5-2-3-8-15(12)16(20)19-14-7-4-6-13(17)11-14/h2-8,11,18H,9-10H2,1H3,(H,19,20). The van der Waals surface area contributed by atoms with Gasteiger partial charge in [-0.3, -0.25) is 4.79 Å². The number of anilines is 1. The summed E-state index contributed by atoms with van der Waals surface area (Å²) < 4.78 is 0. The van der Waals surface area contributed by atoms with Crippen LogP contribution in [0.4, 0.5) is 5.69 Å². The van der Waals surface area contributed by atoms with E-state index in [1.165, 1.54) is 0 Å². The lowest BCUT2D eigenvalue weighted by molar-refractivity contribution is 0.102. The minimum atomic E-state index is -0.112. The first-order chi connectivity index (χ1) is 9.70. The first-order valence-electron chi connectivity index (χ1n) is 6.50. The number of rotatable bonds is 5. The van der Waals surface area contributed by atoms with Crippen LogP contribution >= 0.6 is 11.6 Å². The Morgan fingerprint density at radius 1 is 1.15 bits per heavy atom. The zero-order valence-electron chi connectivity index (χ0n) is 11.3. The fourth-order valence-electron chi connectivity index (χ4n) is 1.98. The number of carbonyl (C=O) groups excluding carboxylic acids is 1. The Morgan fingerprint density at radius 3 is 2.70 bits per heavy atom. The topological polar surface area (TPSA) is 41.1 Å². The first kappa shape index (κ1) is 14.6. The SMILES string of the molecule is CNCCc1ccccc1C(=O)Nc1cccc(Cl)c1. The fraction of sp³-hybridized carbons (Fsp3) is 0.188. The second-order valence-corrected chi connectivity index (χ2v) is 4.91. The normalized spacial score (nSPS) is 10.3. The molecule has 2 N–H and O–H groups in total. The lowest BCUT2D eigenvalue weighted by atomic mass is 10.0. The highest BCUT2D eigenvalue weighted by atomic mass is 35.5. The van der Waals surface area contributed by atoms with Crippen LogP contribution in [0.3, 0.4) is 0 Å². The molecule has 0 aliphatic carbocycles. The first-order valence-corrected chi connectivity index (χ1v) is 6.88. The molecule has 0 saturated heterocycles. The second-order valence-electron chi connectivity index (χ2n) is 4.48. The van der Waals surface area contributed by atoms with Gasteiger partial charge in [-0.05, 0) is 49.8 Å². The molecule has 0 aliphatic rings. The number of carbonyl (C=O) groups is 1. The van der Waals surface area contributed by atoms with Gasteiger partial charge in [0.25, 0.3) is 5.91 Å². The minimum Gasteiger partial charge on any atom is -0.322 e. The molecule has 0 unspecified atom stereocenters. The average Bonchev–Trinajstić information content (AvgIpc) is 2.45. The monoisotopic (exact) mass is 288 g/mol. The van der Waals surface area contributed by atoms with E-state index in [0.717, 1.165) is 18.5 Å². The molecule has 0 saturated carbocycles. The Labute approximate surface area is 124 Å². The van der Waals surface area contributed by atoms with Gasteiger partial charge in [0, 0.05) is 16.3 Å². The van der Waals surface area contributed by atoms with E-state index in [4.69, 9.17) is 11.6 Å². The van der Waals surface area contributed by atoms with E-state index >= 15 is 0 Å². The second kappa shape index (κ2) is 7.08. The zero-order chi connectivity index (χ0) is 14.4. The van der Waals surface area contributed by atoms with E-state index < -0.39 is 0 Å². The molecule has 0 atom stereocenters. The highest BCUT2D eigenvalue weighted by molar-refractivity contribution is 6.31. The van der Waals surface area contributed by atoms with Crippen LogP contribution in [-0.4, -0.2) is 19.5 Å². The summed E-state index contributed by atoms with van der Waals surface area (Å²) in [5.41, 5.74) is 2.43. The van der Waals surface area contributed by atoms with Crippen molar-refractivity contribution in [2.45, 2.75) is 6.42 Å². The van der Waals surface area contributed by atoms with Crippen molar-refractivity contribution in [2.75, 3.05) is 18.9 Å². The lowest BCUT2D eigenvalue weighted by Gasteiger charge is -2.10. The summed E-state index contributed by atoms with van der Waals surface area (Å²) in [6.45, 7) is 0.835. The molecule has 20 heavy (non-hydrogen) atoms. The predicted molar refractivity (Wildman–Crippen MR) is 83.5 cm³/mol. The largest absolute Gasteiger partial charge is 0.322 e. The summed E-state index contributed by atoms with van der Waals surface area (Å²) in [6, 6.07) is 14.8. The number of hydrogen-bond donors (Lipinski definition) is 2. The van der Waals surface area contributed by atoms with Crippen LogP contribution in [0.5, 0.6) is 0 Å². The molecular formula is C16H17ClN2O. The molecule has 1 amide bonds. The molecule has 4 heteroatoms. The van der Waals surface area contributed by atoms with E-state index in [-0.39, 0.29) is 5.91 Å². The molecule has 2 rings (SSSR count). The van der Waals surface area contributed by atoms with Gasteiger partial charge in [-0.15, -0.1) is 0 Å². The fourth-order valence-corrected chi connectivity index (χ4v) is 2.17. The van der Waals surface area contributed by atoms with Crippen LogP contribution in [0.1, 0.15) is 15.9 Å². The van der Waals surface area contributed by atoms with Crippen molar-refractivity contribution in [1.29, 1.82) is 0 Å². The minimum absolute atomic E-state index is 0.112. The summed E-state index contributed by atoms with van der Waals surface area (Å²) in [5.74, 6) is -0.112. The molecular weight excluding hydrogens is 272 g/mol. The van der Waals surface area contributed by atoms with Gasteiger partial charge in [-0.25, -0.2) is 0 Å². The average molecular weight is 289 g/mol. The van der Waals surface area contributed by atoms with Crippen molar-refractivity contribution in [3.63, 3.8) is 0 Å². The van der Waals surface area contributed by atoms with Gasteiger partial charge in [0.2, 0.25) is 0 Å². The van der Waals surface area contributed by atoms with E-state index in [1.807, 2.05) is 43.4 Å². The van der Waals surface area contributed by atoms with E-state index in [2.05, 4.69) is 10.6 Å². The van der Waals surface area contributed by atoms with Crippen LogP contribution < -0.4 is 10.6 Å². The van der Waals surface area contributed by atoms with E-state index in [1.54, 1.807) is 12.1 Å². The van der Waals surface area contributed by atoms with Gasteiger partial charge in [0.15, 0.2) is 0 Å². The summed E-state index contributed by atoms with van der Waals surface area (Å²) in [6.07, 6.45) is 0.815. The van der Waals surface area contributed by atoms with Crippen molar-refractivity contribution < 1.29 is 4.79 Å². The molecule has 0 fully saturated rings. The van der Waals surface area contributed by atoms with Gasteiger partial charge in [-0.1, -0.05) is 35.9 Å². The van der Waals surface area contributed by atoms with Crippen LogP contribution in [-0.2, 0) is 6.42 Å². The van der Waals surface area contributed by atoms with Crippen LogP contribution in [0, 0.1) is 0 Å². The van der Waals surface area contributed by atoms with E-state index in [0.29, 0.717) is 16.3 Å². The van der Waals surface area contributed by atoms with Crippen LogP contribution in [0.2, 0.25) is 5.02 Å². The number of hydrogen-bond acceptors (Lipinski definition) is 2. The maximum Gasteiger partial charge on any atom is 0.255 e. The quantitative estimate of drug-likeness (QED) is 0.886. The Balaban J connectivity index is 2.16. The molecule has 2 aromatic carbocycles. The number of nitrogens with one attached hydrogen (secondary N) is 2. The Hall–Kier alpha value is -1.84. The molecule has 3 nitrogen and oxygen atoms in total. The van der Waals surface area contributed by atoms with Crippen molar-refractivity contribution in [3.8, 4) is 0 Å². The number of likely N-dealkylation sites (N-methyl/N-ethyl adjacent to an activating group) is 1. The molecule has 0 spiro atoms. The third-order valence-corrected chi connectivity index (χ3v) is 3.22. The van der Waals surface area contributed by atoms with Crippen molar-refractivity contribution in [1.82, 2.24) is 5.32 Å². The molecule has 0 aliphatic heterocycles. The highest BCUT2D eigenvalue weighted by Crippen LogP contribution is 2.17. The van der Waals surface area contributed by atoms with Crippen molar-refractivity contribution in [3.05, 3.63) is 64.7 Å². The lowest BCUT2D eigenvalue weighted by Crippen LogP contribution is -2.17. The summed E-state index contributed by atoms with van der Waals surface area (Å²) in [7, 11) is 1.90. The number of amides is 1. The Morgan fingerprint density at radius 2 is 1.95 bits per heavy atom. The third-order valence-electron chi connectivity index (χ3n) is 2.99. The van der Waals surface area contributed by atoms with Crippen molar-refractivity contribution >= 4 is 23.2 Å². The molecule has 0 radical (unpaired) electrons. The Bertz CT molecular complexity index is 599. The van der Waals surface area contributed by atoms with Crippen molar-refractivity contribution in [2.24, 2.45) is 0 Å². The van der Waals surface area contributed by atoms with Gasteiger partial charge in [0.1, 0.15) is 0 Å². The molecule has 0 bridgehead atoms. The van der Waals surface area contributed by atoms with Crippen LogP contribution in [0.15, 0.2) is 48.5 Å². The third kappa shape index (κ3) is 3.83.